The van der Waals surface area contributed by atoms with E-state index in [1.807, 2.05) is 36.4 Å². The average Bonchev–Trinajstić information content (AvgIpc) is 3.03. The second-order valence-corrected chi connectivity index (χ2v) is 6.74. The maximum Gasteiger partial charge on any atom is 0.257 e. The van der Waals surface area contributed by atoms with Gasteiger partial charge in [0.2, 0.25) is 0 Å². The Balaban J connectivity index is 1.60. The van der Waals surface area contributed by atoms with E-state index in [0.717, 1.165) is 40.9 Å². The van der Waals surface area contributed by atoms with E-state index in [1.165, 1.54) is 5.56 Å². The van der Waals surface area contributed by atoms with Gasteiger partial charge in [-0.05, 0) is 49.5 Å². The SMILES string of the molecule is CCN(C)Cc1ccc(N/C=C2\C(=O)Nc3ccc4ncccc4c32)cc1. The fraction of sp³-hybridized carbons (Fsp3) is 0.182. The normalized spacial score (nSPS) is 14.6. The molecule has 2 N–H and O–H groups in total. The molecule has 0 fully saturated rings. The fourth-order valence-corrected chi connectivity index (χ4v) is 3.27. The van der Waals surface area contributed by atoms with Crippen LogP contribution in [-0.4, -0.2) is 29.4 Å². The smallest absolute Gasteiger partial charge is 0.257 e. The summed E-state index contributed by atoms with van der Waals surface area (Å²) in [6.07, 6.45) is 3.54. The maximum absolute atomic E-state index is 12.5. The van der Waals surface area contributed by atoms with Crippen LogP contribution in [0.1, 0.15) is 18.1 Å². The Morgan fingerprint density at radius 2 is 1.96 bits per heavy atom. The molecule has 0 saturated carbocycles. The Morgan fingerprint density at radius 1 is 1.15 bits per heavy atom. The first-order chi connectivity index (χ1) is 13.2. The third kappa shape index (κ3) is 3.41. The van der Waals surface area contributed by atoms with Gasteiger partial charge in [0, 0.05) is 41.3 Å². The first-order valence-electron chi connectivity index (χ1n) is 9.09. The van der Waals surface area contributed by atoms with E-state index < -0.39 is 0 Å². The first-order valence-corrected chi connectivity index (χ1v) is 9.09. The van der Waals surface area contributed by atoms with Crippen LogP contribution in [0, 0.1) is 0 Å². The first kappa shape index (κ1) is 17.2. The van der Waals surface area contributed by atoms with Gasteiger partial charge >= 0.3 is 0 Å². The molecule has 1 aromatic heterocycles. The van der Waals surface area contributed by atoms with Crippen molar-refractivity contribution >= 4 is 33.8 Å². The Bertz CT molecular complexity index is 1020. The summed E-state index contributed by atoms with van der Waals surface area (Å²) in [6, 6.07) is 16.0. The van der Waals surface area contributed by atoms with Gasteiger partial charge in [-0.3, -0.25) is 9.78 Å². The minimum absolute atomic E-state index is 0.102. The van der Waals surface area contributed by atoms with Crippen LogP contribution in [0.25, 0.3) is 16.5 Å². The molecule has 5 nitrogen and oxygen atoms in total. The Hall–Kier alpha value is -3.18. The molecule has 0 saturated heterocycles. The predicted octanol–water partition coefficient (Wildman–Crippen LogP) is 4.09. The second-order valence-electron chi connectivity index (χ2n) is 6.74. The van der Waals surface area contributed by atoms with Gasteiger partial charge in [0.25, 0.3) is 5.91 Å². The highest BCUT2D eigenvalue weighted by Gasteiger charge is 2.26. The largest absolute Gasteiger partial charge is 0.361 e. The highest BCUT2D eigenvalue weighted by Crippen LogP contribution is 2.37. The number of amides is 1. The van der Waals surface area contributed by atoms with Crippen LogP contribution in [0.15, 0.2) is 60.9 Å². The maximum atomic E-state index is 12.5. The van der Waals surface area contributed by atoms with Crippen molar-refractivity contribution < 1.29 is 4.79 Å². The average molecular weight is 358 g/mol. The quantitative estimate of drug-likeness (QED) is 0.675. The summed E-state index contributed by atoms with van der Waals surface area (Å²) in [5.41, 5.74) is 5.44. The van der Waals surface area contributed by atoms with Crippen molar-refractivity contribution in [1.29, 1.82) is 0 Å². The highest BCUT2D eigenvalue weighted by atomic mass is 16.2. The number of nitrogens with one attached hydrogen (secondary N) is 2. The van der Waals surface area contributed by atoms with E-state index in [2.05, 4.69) is 46.6 Å². The number of nitrogens with zero attached hydrogens (tertiary/aromatic N) is 2. The number of rotatable bonds is 5. The summed E-state index contributed by atoms with van der Waals surface area (Å²) in [5.74, 6) is -0.102. The second kappa shape index (κ2) is 7.21. The van der Waals surface area contributed by atoms with Crippen LogP contribution in [0.2, 0.25) is 0 Å². The fourth-order valence-electron chi connectivity index (χ4n) is 3.27. The molecule has 0 aliphatic carbocycles. The summed E-state index contributed by atoms with van der Waals surface area (Å²) in [5, 5.41) is 7.16. The molecule has 1 amide bonds. The molecule has 2 heterocycles. The Morgan fingerprint density at radius 3 is 2.74 bits per heavy atom. The van der Waals surface area contributed by atoms with Crippen LogP contribution in [0.4, 0.5) is 11.4 Å². The van der Waals surface area contributed by atoms with Crippen molar-refractivity contribution in [3.8, 4) is 0 Å². The molecule has 4 rings (SSSR count). The summed E-state index contributed by atoms with van der Waals surface area (Å²) in [4.78, 5) is 19.1. The molecule has 3 aromatic rings. The number of pyridine rings is 1. The monoisotopic (exact) mass is 358 g/mol. The molecule has 0 atom stereocenters. The molecule has 1 aliphatic heterocycles. The molecule has 0 unspecified atom stereocenters. The zero-order chi connectivity index (χ0) is 18.8. The lowest BCUT2D eigenvalue weighted by Crippen LogP contribution is -2.16. The molecule has 5 heteroatoms. The van der Waals surface area contributed by atoms with Gasteiger partial charge in [-0.1, -0.05) is 25.1 Å². The lowest BCUT2D eigenvalue weighted by Gasteiger charge is -2.14. The van der Waals surface area contributed by atoms with E-state index in [1.54, 1.807) is 12.4 Å². The van der Waals surface area contributed by atoms with Crippen LogP contribution in [0.3, 0.4) is 0 Å². The van der Waals surface area contributed by atoms with Crippen molar-refractivity contribution in [1.82, 2.24) is 9.88 Å². The standard InChI is InChI=1S/C22H22N4O/c1-3-26(2)14-15-6-8-16(9-7-15)24-13-18-21-17-5-4-12-23-19(17)10-11-20(21)25-22(18)27/h4-13,24H,3,14H2,1-2H3,(H,25,27)/b18-13-. The number of benzene rings is 2. The summed E-state index contributed by atoms with van der Waals surface area (Å²) < 4.78 is 0. The van der Waals surface area contributed by atoms with E-state index in [-0.39, 0.29) is 5.91 Å². The topological polar surface area (TPSA) is 57.3 Å². The van der Waals surface area contributed by atoms with Crippen LogP contribution in [-0.2, 0) is 11.3 Å². The van der Waals surface area contributed by atoms with E-state index in [4.69, 9.17) is 0 Å². The molecule has 136 valence electrons. The number of hydrogen-bond donors (Lipinski definition) is 2. The minimum Gasteiger partial charge on any atom is -0.361 e. The molecule has 2 aromatic carbocycles. The van der Waals surface area contributed by atoms with E-state index in [0.29, 0.717) is 5.57 Å². The number of carbonyl (C=O) groups is 1. The van der Waals surface area contributed by atoms with Crippen LogP contribution in [0.5, 0.6) is 0 Å². The van der Waals surface area contributed by atoms with Crippen LogP contribution < -0.4 is 10.6 Å². The Kier molecular flexibility index (Phi) is 4.60. The van der Waals surface area contributed by atoms with Gasteiger partial charge in [0.1, 0.15) is 0 Å². The number of fused-ring (bicyclic) bond motifs is 3. The highest BCUT2D eigenvalue weighted by molar-refractivity contribution is 6.34. The lowest BCUT2D eigenvalue weighted by molar-refractivity contribution is -0.110. The van der Waals surface area contributed by atoms with Crippen molar-refractivity contribution in [3.05, 3.63) is 72.1 Å². The molecule has 0 spiro atoms. The zero-order valence-corrected chi connectivity index (χ0v) is 15.5. The number of aromatic nitrogens is 1. The third-order valence-corrected chi connectivity index (χ3v) is 4.88. The van der Waals surface area contributed by atoms with Gasteiger partial charge in [0.15, 0.2) is 0 Å². The zero-order valence-electron chi connectivity index (χ0n) is 15.5. The van der Waals surface area contributed by atoms with Crippen molar-refractivity contribution in [3.63, 3.8) is 0 Å². The summed E-state index contributed by atoms with van der Waals surface area (Å²) >= 11 is 0. The molecular formula is C22H22N4O. The minimum atomic E-state index is -0.102. The number of carbonyl (C=O) groups excluding carboxylic acids is 1. The molecule has 1 aliphatic rings. The van der Waals surface area contributed by atoms with Gasteiger partial charge in [-0.15, -0.1) is 0 Å². The molecule has 0 bridgehead atoms. The van der Waals surface area contributed by atoms with Crippen molar-refractivity contribution in [2.24, 2.45) is 0 Å². The molecule has 0 radical (unpaired) electrons. The summed E-state index contributed by atoms with van der Waals surface area (Å²) in [7, 11) is 2.10. The lowest BCUT2D eigenvalue weighted by atomic mass is 10.0. The number of anilines is 2. The van der Waals surface area contributed by atoms with Gasteiger partial charge < -0.3 is 15.5 Å². The van der Waals surface area contributed by atoms with Crippen molar-refractivity contribution in [2.45, 2.75) is 13.5 Å². The molecule has 27 heavy (non-hydrogen) atoms. The third-order valence-electron chi connectivity index (χ3n) is 4.88. The summed E-state index contributed by atoms with van der Waals surface area (Å²) in [6.45, 7) is 4.09. The number of hydrogen-bond acceptors (Lipinski definition) is 4. The molecular weight excluding hydrogens is 336 g/mol. The predicted molar refractivity (Wildman–Crippen MR) is 110 cm³/mol. The Labute approximate surface area is 158 Å². The van der Waals surface area contributed by atoms with Gasteiger partial charge in [-0.25, -0.2) is 0 Å². The van der Waals surface area contributed by atoms with E-state index in [9.17, 15) is 4.79 Å². The van der Waals surface area contributed by atoms with Gasteiger partial charge in [-0.2, -0.15) is 0 Å². The van der Waals surface area contributed by atoms with E-state index >= 15 is 0 Å². The van der Waals surface area contributed by atoms with Crippen molar-refractivity contribution in [2.75, 3.05) is 24.2 Å². The van der Waals surface area contributed by atoms with Crippen LogP contribution >= 0.6 is 0 Å². The van der Waals surface area contributed by atoms with Gasteiger partial charge in [0.05, 0.1) is 11.1 Å².